The quantitative estimate of drug-likeness (QED) is 0.525. The van der Waals surface area contributed by atoms with Gasteiger partial charge in [-0.05, 0) is 13.8 Å². The monoisotopic (exact) mass is 186 g/mol. The normalized spacial score (nSPS) is 55.3. The van der Waals surface area contributed by atoms with E-state index in [9.17, 15) is 0 Å². The number of hydrogen-bond donors (Lipinski definition) is 1. The third-order valence-corrected chi connectivity index (χ3v) is 3.03. The smallest absolute Gasteiger partial charge is 0.156 e. The third-order valence-electron chi connectivity index (χ3n) is 3.03. The maximum atomic E-state index is 9.07. The molecule has 0 aliphatic carbocycles. The van der Waals surface area contributed by atoms with Crippen LogP contribution >= 0.6 is 0 Å². The van der Waals surface area contributed by atoms with E-state index in [-0.39, 0.29) is 31.1 Å². The molecule has 74 valence electrons. The highest BCUT2D eigenvalue weighted by molar-refractivity contribution is 6.12. The van der Waals surface area contributed by atoms with E-state index in [1.807, 2.05) is 21.7 Å². The topological polar surface area (TPSA) is 47.9 Å². The zero-order chi connectivity index (χ0) is 9.64. The van der Waals surface area contributed by atoms with Gasteiger partial charge in [0.2, 0.25) is 0 Å². The summed E-state index contributed by atoms with van der Waals surface area (Å²) in [7, 11) is 1.95. The maximum absolute atomic E-state index is 9.07. The molecule has 2 rings (SSSR count). The highest BCUT2D eigenvalue weighted by Gasteiger charge is 2.58. The van der Waals surface area contributed by atoms with Crippen molar-refractivity contribution >= 4 is 7.85 Å². The van der Waals surface area contributed by atoms with E-state index in [1.165, 1.54) is 0 Å². The molecule has 1 N–H and O–H groups in total. The Labute approximate surface area is 78.6 Å². The molecule has 0 aromatic heterocycles. The summed E-state index contributed by atoms with van der Waals surface area (Å²) in [6, 6.07) is -0.0281. The SMILES string of the molecule is B[C@@H]1O[C@H](CO)[C@H]2OC(C)O[C@@]12C. The molecule has 0 aromatic rings. The second-order valence-corrected chi connectivity index (χ2v) is 3.93. The van der Waals surface area contributed by atoms with Gasteiger partial charge in [-0.3, -0.25) is 0 Å². The van der Waals surface area contributed by atoms with Crippen LogP contribution in [0.15, 0.2) is 0 Å². The van der Waals surface area contributed by atoms with Crippen molar-refractivity contribution in [3.8, 4) is 0 Å². The Hall–Kier alpha value is -0.0951. The summed E-state index contributed by atoms with van der Waals surface area (Å²) in [5, 5.41) is 9.07. The molecule has 5 heteroatoms. The minimum Gasteiger partial charge on any atom is -0.394 e. The third kappa shape index (κ3) is 1.22. The van der Waals surface area contributed by atoms with Gasteiger partial charge in [-0.1, -0.05) is 0 Å². The van der Waals surface area contributed by atoms with Gasteiger partial charge in [-0.2, -0.15) is 0 Å². The molecule has 0 aromatic carbocycles. The van der Waals surface area contributed by atoms with Crippen LogP contribution in [-0.4, -0.2) is 49.7 Å². The lowest BCUT2D eigenvalue weighted by atomic mass is 9.82. The molecule has 0 amide bonds. The predicted octanol–water partition coefficient (Wildman–Crippen LogP) is -1.14. The van der Waals surface area contributed by atoms with Crippen LogP contribution in [-0.2, 0) is 14.2 Å². The van der Waals surface area contributed by atoms with E-state index in [1.54, 1.807) is 0 Å². The molecule has 0 spiro atoms. The summed E-state index contributed by atoms with van der Waals surface area (Å²) < 4.78 is 16.7. The number of fused-ring (bicyclic) bond motifs is 1. The Morgan fingerprint density at radius 3 is 2.77 bits per heavy atom. The summed E-state index contributed by atoms with van der Waals surface area (Å²) in [5.74, 6) is 0. The number of hydrogen-bond acceptors (Lipinski definition) is 4. The molecule has 1 unspecified atom stereocenters. The lowest BCUT2D eigenvalue weighted by Crippen LogP contribution is -2.43. The molecule has 0 radical (unpaired) electrons. The van der Waals surface area contributed by atoms with E-state index in [0.29, 0.717) is 0 Å². The summed E-state index contributed by atoms with van der Waals surface area (Å²) >= 11 is 0. The van der Waals surface area contributed by atoms with Gasteiger partial charge < -0.3 is 19.3 Å². The first-order valence-corrected chi connectivity index (χ1v) is 4.67. The lowest BCUT2D eigenvalue weighted by Gasteiger charge is -2.24. The van der Waals surface area contributed by atoms with Crippen LogP contribution in [0.5, 0.6) is 0 Å². The second kappa shape index (κ2) is 2.95. The Bertz CT molecular complexity index is 212. The number of aliphatic hydroxyl groups is 1. The van der Waals surface area contributed by atoms with Crippen LogP contribution in [0.3, 0.4) is 0 Å². The summed E-state index contributed by atoms with van der Waals surface area (Å²) in [6.07, 6.45) is -0.581. The fourth-order valence-electron chi connectivity index (χ4n) is 2.19. The molecular formula is C8H15BO4. The number of ether oxygens (including phenoxy) is 3. The number of rotatable bonds is 1. The van der Waals surface area contributed by atoms with Gasteiger partial charge >= 0.3 is 0 Å². The van der Waals surface area contributed by atoms with Crippen molar-refractivity contribution in [2.75, 3.05) is 6.61 Å². The van der Waals surface area contributed by atoms with Gasteiger partial charge in [0, 0.05) is 0 Å². The van der Waals surface area contributed by atoms with Crippen molar-refractivity contribution in [1.82, 2.24) is 0 Å². The van der Waals surface area contributed by atoms with Crippen molar-refractivity contribution in [3.05, 3.63) is 0 Å². The molecule has 4 nitrogen and oxygen atoms in total. The standard InChI is InChI=1S/C8H15BO4/c1-4-11-6-5(3-10)12-7(9)8(6,2)13-4/h4-7,10H,3,9H2,1-2H3/t4?,5-,6-,7-,8-/m1/s1. The molecule has 2 fully saturated rings. The fraction of sp³-hybridized carbons (Fsp3) is 1.00. The van der Waals surface area contributed by atoms with E-state index < -0.39 is 5.60 Å². The van der Waals surface area contributed by atoms with Crippen LogP contribution in [0.4, 0.5) is 0 Å². The van der Waals surface area contributed by atoms with E-state index in [0.717, 1.165) is 0 Å². The fourth-order valence-corrected chi connectivity index (χ4v) is 2.19. The van der Waals surface area contributed by atoms with Crippen LogP contribution in [0.25, 0.3) is 0 Å². The van der Waals surface area contributed by atoms with Crippen molar-refractivity contribution < 1.29 is 19.3 Å². The van der Waals surface area contributed by atoms with Gasteiger partial charge in [0.05, 0.1) is 12.6 Å². The van der Waals surface area contributed by atoms with Crippen molar-refractivity contribution in [2.24, 2.45) is 0 Å². The minimum absolute atomic E-state index is 0.0132. The predicted molar refractivity (Wildman–Crippen MR) is 48.1 cm³/mol. The van der Waals surface area contributed by atoms with Gasteiger partial charge in [0.1, 0.15) is 25.7 Å². The van der Waals surface area contributed by atoms with Crippen molar-refractivity contribution in [2.45, 2.75) is 43.9 Å². The second-order valence-electron chi connectivity index (χ2n) is 3.93. The Morgan fingerprint density at radius 2 is 2.15 bits per heavy atom. The zero-order valence-electron chi connectivity index (χ0n) is 8.19. The molecule has 0 bridgehead atoms. The molecule has 13 heavy (non-hydrogen) atoms. The van der Waals surface area contributed by atoms with Crippen molar-refractivity contribution in [3.63, 3.8) is 0 Å². The summed E-state index contributed by atoms with van der Waals surface area (Å²) in [4.78, 5) is 0. The van der Waals surface area contributed by atoms with Crippen LogP contribution in [0, 0.1) is 0 Å². The largest absolute Gasteiger partial charge is 0.394 e. The van der Waals surface area contributed by atoms with Crippen LogP contribution in [0.1, 0.15) is 13.8 Å². The molecule has 2 saturated heterocycles. The maximum Gasteiger partial charge on any atom is 0.156 e. The van der Waals surface area contributed by atoms with E-state index in [4.69, 9.17) is 19.3 Å². The highest BCUT2D eigenvalue weighted by atomic mass is 16.8. The summed E-state index contributed by atoms with van der Waals surface area (Å²) in [6.45, 7) is 3.83. The zero-order valence-corrected chi connectivity index (χ0v) is 8.19. The average Bonchev–Trinajstić information content (AvgIpc) is 2.47. The van der Waals surface area contributed by atoms with Gasteiger partial charge in [0.15, 0.2) is 6.29 Å². The van der Waals surface area contributed by atoms with Crippen LogP contribution in [0.2, 0.25) is 0 Å². The molecule has 2 aliphatic rings. The molecule has 0 saturated carbocycles. The number of aliphatic hydroxyl groups excluding tert-OH is 1. The highest BCUT2D eigenvalue weighted by Crippen LogP contribution is 2.41. The van der Waals surface area contributed by atoms with Crippen molar-refractivity contribution in [1.29, 1.82) is 0 Å². The minimum atomic E-state index is -0.396. The molecule has 2 heterocycles. The average molecular weight is 186 g/mol. The summed E-state index contributed by atoms with van der Waals surface area (Å²) in [5.41, 5.74) is -0.396. The Morgan fingerprint density at radius 1 is 1.46 bits per heavy atom. The first-order valence-electron chi connectivity index (χ1n) is 4.67. The lowest BCUT2D eigenvalue weighted by molar-refractivity contribution is -0.128. The van der Waals surface area contributed by atoms with Gasteiger partial charge in [-0.25, -0.2) is 0 Å². The first-order chi connectivity index (χ1) is 6.08. The van der Waals surface area contributed by atoms with Crippen LogP contribution < -0.4 is 0 Å². The van der Waals surface area contributed by atoms with Gasteiger partial charge in [0.25, 0.3) is 0 Å². The molecular weight excluding hydrogens is 171 g/mol. The first kappa shape index (κ1) is 9.46. The molecule has 5 atom stereocenters. The Kier molecular flexibility index (Phi) is 2.15. The van der Waals surface area contributed by atoms with Gasteiger partial charge in [-0.15, -0.1) is 0 Å². The van der Waals surface area contributed by atoms with E-state index >= 15 is 0 Å². The van der Waals surface area contributed by atoms with E-state index in [2.05, 4.69) is 0 Å². The Balaban J connectivity index is 2.21. The molecule has 2 aliphatic heterocycles.